The van der Waals surface area contributed by atoms with Crippen LogP contribution in [-0.2, 0) is 38.5 Å². The van der Waals surface area contributed by atoms with E-state index in [-0.39, 0.29) is 25.3 Å². The standard InChI is InChI=1S/C29H35N3O6/c1-17(2)24(26(34)31-16-20-12-7-6-10-18(20)14-23(31)27(35)36)30-25(33)22-15-19-11-8-9-13-21(19)32(22)28(37)38-29(3,4)5/h6-13,17,22-24H,14-16H2,1-5H3,(H,30,33)(H,35,36)/t22-,23?,24+/m1/s1. The molecule has 3 amide bonds. The lowest BCUT2D eigenvalue weighted by molar-refractivity contribution is -0.153. The SMILES string of the molecule is CC(C)[C@H](NC(=O)[C@H]1Cc2ccccc2N1C(=O)OC(C)(C)C)C(=O)N1Cc2ccccc2CC1C(=O)O. The van der Waals surface area contributed by atoms with E-state index < -0.39 is 47.6 Å². The second kappa shape index (κ2) is 10.5. The molecule has 38 heavy (non-hydrogen) atoms. The molecule has 0 radical (unpaired) electrons. The lowest BCUT2D eigenvalue weighted by Crippen LogP contribution is -2.59. The average molecular weight is 522 g/mol. The first kappa shape index (κ1) is 27.2. The largest absolute Gasteiger partial charge is 0.480 e. The molecular weight excluding hydrogens is 486 g/mol. The van der Waals surface area contributed by atoms with Crippen LogP contribution in [0.4, 0.5) is 10.5 Å². The van der Waals surface area contributed by atoms with E-state index >= 15 is 0 Å². The second-order valence-corrected chi connectivity index (χ2v) is 11.2. The highest BCUT2D eigenvalue weighted by Gasteiger charge is 2.43. The number of nitrogens with zero attached hydrogens (tertiary/aromatic N) is 2. The number of rotatable bonds is 5. The zero-order valence-corrected chi connectivity index (χ0v) is 22.4. The van der Waals surface area contributed by atoms with Crippen LogP contribution in [0.1, 0.15) is 51.3 Å². The van der Waals surface area contributed by atoms with Gasteiger partial charge in [-0.25, -0.2) is 9.59 Å². The van der Waals surface area contributed by atoms with Gasteiger partial charge in [-0.2, -0.15) is 0 Å². The van der Waals surface area contributed by atoms with Crippen LogP contribution in [0.15, 0.2) is 48.5 Å². The number of hydrogen-bond acceptors (Lipinski definition) is 5. The molecule has 3 atom stereocenters. The number of ether oxygens (including phenoxy) is 1. The molecule has 2 aliphatic heterocycles. The number of para-hydroxylation sites is 1. The maximum absolute atomic E-state index is 13.8. The van der Waals surface area contributed by atoms with E-state index in [4.69, 9.17) is 4.74 Å². The maximum atomic E-state index is 13.8. The minimum absolute atomic E-state index is 0.143. The third-order valence-electron chi connectivity index (χ3n) is 6.92. The molecule has 0 aromatic heterocycles. The van der Waals surface area contributed by atoms with E-state index in [1.807, 2.05) is 36.4 Å². The van der Waals surface area contributed by atoms with Gasteiger partial charge in [0.05, 0.1) is 5.69 Å². The van der Waals surface area contributed by atoms with Gasteiger partial charge in [0, 0.05) is 19.4 Å². The fraction of sp³-hybridized carbons (Fsp3) is 0.448. The summed E-state index contributed by atoms with van der Waals surface area (Å²) >= 11 is 0. The lowest BCUT2D eigenvalue weighted by atomic mass is 9.92. The highest BCUT2D eigenvalue weighted by molar-refractivity contribution is 6.02. The van der Waals surface area contributed by atoms with Crippen molar-refractivity contribution in [3.05, 3.63) is 65.2 Å². The van der Waals surface area contributed by atoms with E-state index in [0.29, 0.717) is 5.69 Å². The van der Waals surface area contributed by atoms with E-state index in [1.165, 1.54) is 9.80 Å². The summed E-state index contributed by atoms with van der Waals surface area (Å²) in [6, 6.07) is 11.8. The molecule has 2 heterocycles. The van der Waals surface area contributed by atoms with Crippen LogP contribution in [0.2, 0.25) is 0 Å². The fourth-order valence-electron chi connectivity index (χ4n) is 5.05. The van der Waals surface area contributed by atoms with Crippen LogP contribution >= 0.6 is 0 Å². The Labute approximate surface area is 222 Å². The van der Waals surface area contributed by atoms with E-state index in [9.17, 15) is 24.3 Å². The molecule has 2 N–H and O–H groups in total. The average Bonchev–Trinajstić information content (AvgIpc) is 3.24. The molecule has 0 saturated carbocycles. The van der Waals surface area contributed by atoms with Gasteiger partial charge in [-0.3, -0.25) is 14.5 Å². The highest BCUT2D eigenvalue weighted by Crippen LogP contribution is 2.34. The van der Waals surface area contributed by atoms with Crippen LogP contribution in [-0.4, -0.2) is 57.6 Å². The number of fused-ring (bicyclic) bond motifs is 2. The first-order valence-electron chi connectivity index (χ1n) is 12.9. The molecule has 2 aromatic rings. The van der Waals surface area contributed by atoms with Crippen LogP contribution in [0.5, 0.6) is 0 Å². The predicted octanol–water partition coefficient (Wildman–Crippen LogP) is 3.53. The second-order valence-electron chi connectivity index (χ2n) is 11.2. The van der Waals surface area contributed by atoms with Gasteiger partial charge in [0.1, 0.15) is 23.7 Å². The summed E-state index contributed by atoms with van der Waals surface area (Å²) in [5, 5.41) is 12.8. The zero-order valence-electron chi connectivity index (χ0n) is 22.4. The first-order valence-corrected chi connectivity index (χ1v) is 12.9. The Kier molecular flexibility index (Phi) is 7.49. The molecule has 2 aliphatic rings. The number of anilines is 1. The first-order chi connectivity index (χ1) is 17.9. The maximum Gasteiger partial charge on any atom is 0.415 e. The van der Waals surface area contributed by atoms with Crippen molar-refractivity contribution in [1.29, 1.82) is 0 Å². The minimum atomic E-state index is -1.09. The Balaban J connectivity index is 1.59. The summed E-state index contributed by atoms with van der Waals surface area (Å²) in [5.41, 5.74) is 2.43. The van der Waals surface area contributed by atoms with E-state index in [2.05, 4.69) is 5.32 Å². The molecule has 0 spiro atoms. The summed E-state index contributed by atoms with van der Waals surface area (Å²) in [4.78, 5) is 55.4. The van der Waals surface area contributed by atoms with Crippen molar-refractivity contribution in [2.75, 3.05) is 4.90 Å². The number of carbonyl (C=O) groups is 4. The molecule has 0 saturated heterocycles. The van der Waals surface area contributed by atoms with Gasteiger partial charge in [-0.1, -0.05) is 56.3 Å². The van der Waals surface area contributed by atoms with Gasteiger partial charge in [0.15, 0.2) is 0 Å². The number of hydrogen-bond donors (Lipinski definition) is 2. The van der Waals surface area contributed by atoms with Crippen LogP contribution < -0.4 is 10.2 Å². The number of carbonyl (C=O) groups excluding carboxylic acids is 3. The molecule has 9 heteroatoms. The number of aliphatic carboxylic acids is 1. The Bertz CT molecular complexity index is 1250. The van der Waals surface area contributed by atoms with Gasteiger partial charge >= 0.3 is 12.1 Å². The highest BCUT2D eigenvalue weighted by atomic mass is 16.6. The van der Waals surface area contributed by atoms with Crippen molar-refractivity contribution in [3.63, 3.8) is 0 Å². The van der Waals surface area contributed by atoms with Gasteiger partial charge < -0.3 is 20.1 Å². The van der Waals surface area contributed by atoms with E-state index in [1.54, 1.807) is 46.8 Å². The fourth-order valence-corrected chi connectivity index (χ4v) is 5.05. The molecule has 4 rings (SSSR count). The van der Waals surface area contributed by atoms with Gasteiger partial charge in [-0.15, -0.1) is 0 Å². The van der Waals surface area contributed by atoms with Crippen molar-refractivity contribution < 1.29 is 29.0 Å². The van der Waals surface area contributed by atoms with Crippen molar-refractivity contribution in [2.45, 2.75) is 77.7 Å². The van der Waals surface area contributed by atoms with Gasteiger partial charge in [0.25, 0.3) is 0 Å². The summed E-state index contributed by atoms with van der Waals surface area (Å²) < 4.78 is 5.59. The topological polar surface area (TPSA) is 116 Å². The third-order valence-corrected chi connectivity index (χ3v) is 6.92. The normalized spacial score (nSPS) is 19.4. The predicted molar refractivity (Wildman–Crippen MR) is 142 cm³/mol. The molecule has 0 bridgehead atoms. The number of nitrogens with one attached hydrogen (secondary N) is 1. The summed E-state index contributed by atoms with van der Waals surface area (Å²) in [5.74, 6) is -2.38. The van der Waals surface area contributed by atoms with Crippen molar-refractivity contribution in [3.8, 4) is 0 Å². The Morgan fingerprint density at radius 2 is 1.50 bits per heavy atom. The monoisotopic (exact) mass is 521 g/mol. The molecule has 9 nitrogen and oxygen atoms in total. The van der Waals surface area contributed by atoms with Gasteiger partial charge in [0.2, 0.25) is 11.8 Å². The molecule has 202 valence electrons. The summed E-state index contributed by atoms with van der Waals surface area (Å²) in [6.45, 7) is 9.00. The van der Waals surface area contributed by atoms with Crippen LogP contribution in [0.3, 0.4) is 0 Å². The molecule has 0 aliphatic carbocycles. The van der Waals surface area contributed by atoms with E-state index in [0.717, 1.165) is 16.7 Å². The number of amides is 3. The number of benzene rings is 2. The molecular formula is C29H35N3O6. The van der Waals surface area contributed by atoms with Crippen molar-refractivity contribution >= 4 is 29.6 Å². The lowest BCUT2D eigenvalue weighted by Gasteiger charge is -2.38. The molecule has 0 fully saturated rings. The molecule has 2 aromatic carbocycles. The Morgan fingerprint density at radius 1 is 0.921 bits per heavy atom. The Morgan fingerprint density at radius 3 is 2.11 bits per heavy atom. The quantitative estimate of drug-likeness (QED) is 0.622. The van der Waals surface area contributed by atoms with Crippen LogP contribution in [0, 0.1) is 5.92 Å². The number of carboxylic acid groups (broad SMARTS) is 1. The third kappa shape index (κ3) is 5.51. The van der Waals surface area contributed by atoms with Gasteiger partial charge in [-0.05, 0) is 49.4 Å². The summed E-state index contributed by atoms with van der Waals surface area (Å²) in [7, 11) is 0. The minimum Gasteiger partial charge on any atom is -0.480 e. The number of carboxylic acids is 1. The Hall–Kier alpha value is -3.88. The smallest absolute Gasteiger partial charge is 0.415 e. The zero-order chi connectivity index (χ0) is 27.8. The summed E-state index contributed by atoms with van der Waals surface area (Å²) in [6.07, 6.45) is -0.177. The van der Waals surface area contributed by atoms with Crippen LogP contribution in [0.25, 0.3) is 0 Å². The van der Waals surface area contributed by atoms with Crippen molar-refractivity contribution in [1.82, 2.24) is 10.2 Å². The van der Waals surface area contributed by atoms with Crippen molar-refractivity contribution in [2.24, 2.45) is 5.92 Å². The molecule has 1 unspecified atom stereocenters.